The van der Waals surface area contributed by atoms with E-state index in [0.29, 0.717) is 23.3 Å². The molecule has 0 saturated carbocycles. The van der Waals surface area contributed by atoms with E-state index in [1.54, 1.807) is 25.5 Å². The first kappa shape index (κ1) is 19.3. The number of nitrogens with zero attached hydrogens (tertiary/aromatic N) is 5. The van der Waals surface area contributed by atoms with E-state index in [2.05, 4.69) is 31.9 Å². The average Bonchev–Trinajstić information content (AvgIpc) is 3.51. The Kier molecular flexibility index (Phi) is 5.95. The molecule has 0 amide bonds. The van der Waals surface area contributed by atoms with Crippen molar-refractivity contribution < 1.29 is 13.6 Å². The van der Waals surface area contributed by atoms with Gasteiger partial charge >= 0.3 is 0 Å². The normalized spacial score (nSPS) is 11.1. The quantitative estimate of drug-likeness (QED) is 0.366. The highest BCUT2D eigenvalue weighted by molar-refractivity contribution is 7.98. The number of hydrogen-bond donors (Lipinski definition) is 0. The highest BCUT2D eigenvalue weighted by atomic mass is 32.2. The van der Waals surface area contributed by atoms with Crippen LogP contribution in [0.4, 0.5) is 0 Å². The Balaban J connectivity index is 1.52. The number of furan rings is 1. The van der Waals surface area contributed by atoms with Gasteiger partial charge in [0.2, 0.25) is 5.89 Å². The van der Waals surface area contributed by atoms with E-state index >= 15 is 0 Å². The number of methoxy groups -OCH3 is 1. The summed E-state index contributed by atoms with van der Waals surface area (Å²) in [5.41, 5.74) is 0.999. The van der Waals surface area contributed by atoms with E-state index in [0.717, 1.165) is 41.7 Å². The molecule has 9 heteroatoms. The van der Waals surface area contributed by atoms with Gasteiger partial charge < -0.3 is 18.1 Å². The van der Waals surface area contributed by atoms with Gasteiger partial charge in [-0.25, -0.2) is 0 Å². The molecular weight excluding hydrogens is 390 g/mol. The summed E-state index contributed by atoms with van der Waals surface area (Å²) in [7, 11) is 1.66. The highest BCUT2D eigenvalue weighted by Gasteiger charge is 2.17. The van der Waals surface area contributed by atoms with Crippen molar-refractivity contribution in [2.45, 2.75) is 37.2 Å². The van der Waals surface area contributed by atoms with Gasteiger partial charge in [-0.15, -0.1) is 20.4 Å². The second-order valence-electron chi connectivity index (χ2n) is 6.31. The van der Waals surface area contributed by atoms with E-state index in [4.69, 9.17) is 13.6 Å². The summed E-state index contributed by atoms with van der Waals surface area (Å²) in [6.07, 6.45) is 3.70. The average molecular weight is 411 g/mol. The molecule has 0 atom stereocenters. The lowest BCUT2D eigenvalue weighted by Crippen LogP contribution is -2.02. The molecule has 1 aromatic carbocycles. The van der Waals surface area contributed by atoms with Crippen LogP contribution in [0.3, 0.4) is 0 Å². The van der Waals surface area contributed by atoms with Crippen molar-refractivity contribution >= 4 is 11.8 Å². The minimum absolute atomic E-state index is 0.372. The fraction of sp³-hybridized carbons (Fsp3) is 0.300. The van der Waals surface area contributed by atoms with Crippen LogP contribution in [0.1, 0.15) is 25.7 Å². The Morgan fingerprint density at radius 3 is 2.66 bits per heavy atom. The van der Waals surface area contributed by atoms with Gasteiger partial charge in [-0.3, -0.25) is 0 Å². The van der Waals surface area contributed by atoms with Gasteiger partial charge in [-0.05, 0) is 42.8 Å². The third kappa shape index (κ3) is 4.34. The molecule has 0 bridgehead atoms. The molecule has 150 valence electrons. The van der Waals surface area contributed by atoms with E-state index in [1.807, 2.05) is 24.3 Å². The van der Waals surface area contributed by atoms with Crippen LogP contribution in [0.5, 0.6) is 5.75 Å². The number of ether oxygens (including phenoxy) is 1. The molecule has 8 nitrogen and oxygen atoms in total. The maximum Gasteiger partial charge on any atom is 0.283 e. The number of benzene rings is 1. The zero-order valence-electron chi connectivity index (χ0n) is 16.2. The second-order valence-corrected chi connectivity index (χ2v) is 7.25. The summed E-state index contributed by atoms with van der Waals surface area (Å²) in [5.74, 6) is 3.59. The topological polar surface area (TPSA) is 92.0 Å². The van der Waals surface area contributed by atoms with Crippen molar-refractivity contribution in [2.24, 2.45) is 0 Å². The van der Waals surface area contributed by atoms with Gasteiger partial charge in [-0.1, -0.05) is 25.1 Å². The standard InChI is InChI=1S/C20H21N5O3S/c1-3-4-11-25-18(14-7-9-15(26-2)10-8-14)22-24-20(25)29-13-17-21-23-19(28-17)16-6-5-12-27-16/h5-10,12H,3-4,11,13H2,1-2H3. The maximum absolute atomic E-state index is 5.68. The van der Waals surface area contributed by atoms with Crippen LogP contribution < -0.4 is 4.74 Å². The first-order chi connectivity index (χ1) is 14.3. The molecule has 0 saturated heterocycles. The summed E-state index contributed by atoms with van der Waals surface area (Å²) in [4.78, 5) is 0. The molecule has 3 heterocycles. The monoisotopic (exact) mass is 411 g/mol. The van der Waals surface area contributed by atoms with E-state index in [9.17, 15) is 0 Å². The van der Waals surface area contributed by atoms with Gasteiger partial charge in [0.15, 0.2) is 16.7 Å². The van der Waals surface area contributed by atoms with Crippen LogP contribution in [0.15, 0.2) is 56.7 Å². The highest BCUT2D eigenvalue weighted by Crippen LogP contribution is 2.28. The Bertz CT molecular complexity index is 1040. The first-order valence-corrected chi connectivity index (χ1v) is 10.3. The van der Waals surface area contributed by atoms with Crippen molar-refractivity contribution in [1.82, 2.24) is 25.0 Å². The number of thioether (sulfide) groups is 1. The Hall–Kier alpha value is -3.07. The summed E-state index contributed by atoms with van der Waals surface area (Å²) < 4.78 is 18.4. The smallest absolute Gasteiger partial charge is 0.283 e. The number of aromatic nitrogens is 5. The fourth-order valence-electron chi connectivity index (χ4n) is 2.80. The molecule has 4 rings (SSSR count). The van der Waals surface area contributed by atoms with Gasteiger partial charge in [0.1, 0.15) is 5.75 Å². The Morgan fingerprint density at radius 1 is 1.07 bits per heavy atom. The predicted octanol–water partition coefficient (Wildman–Crippen LogP) is 4.69. The van der Waals surface area contributed by atoms with Crippen LogP contribution in [0, 0.1) is 0 Å². The van der Waals surface area contributed by atoms with Crippen molar-refractivity contribution in [3.05, 3.63) is 48.6 Å². The lowest BCUT2D eigenvalue weighted by molar-refractivity contribution is 0.415. The number of unbranched alkanes of at least 4 members (excludes halogenated alkanes) is 1. The van der Waals surface area contributed by atoms with Crippen LogP contribution >= 0.6 is 11.8 Å². The fourth-order valence-corrected chi connectivity index (χ4v) is 3.61. The van der Waals surface area contributed by atoms with Crippen molar-refractivity contribution in [3.8, 4) is 28.8 Å². The van der Waals surface area contributed by atoms with E-state index < -0.39 is 0 Å². The van der Waals surface area contributed by atoms with Gasteiger partial charge in [0, 0.05) is 12.1 Å². The molecule has 0 radical (unpaired) electrons. The van der Waals surface area contributed by atoms with Gasteiger partial charge in [0.25, 0.3) is 5.89 Å². The third-order valence-electron chi connectivity index (χ3n) is 4.32. The zero-order valence-corrected chi connectivity index (χ0v) is 17.1. The molecule has 29 heavy (non-hydrogen) atoms. The summed E-state index contributed by atoms with van der Waals surface area (Å²) in [5, 5.41) is 17.8. The minimum Gasteiger partial charge on any atom is -0.497 e. The van der Waals surface area contributed by atoms with Gasteiger partial charge in [-0.2, -0.15) is 0 Å². The molecule has 0 aliphatic heterocycles. The predicted molar refractivity (Wildman–Crippen MR) is 108 cm³/mol. The Morgan fingerprint density at radius 2 is 1.93 bits per heavy atom. The maximum atomic E-state index is 5.68. The molecule has 0 N–H and O–H groups in total. The van der Waals surface area contributed by atoms with Crippen LogP contribution in [-0.4, -0.2) is 32.1 Å². The van der Waals surface area contributed by atoms with Crippen LogP contribution in [-0.2, 0) is 12.3 Å². The van der Waals surface area contributed by atoms with E-state index in [1.165, 1.54) is 11.8 Å². The number of hydrogen-bond acceptors (Lipinski definition) is 8. The van der Waals surface area contributed by atoms with E-state index in [-0.39, 0.29) is 0 Å². The molecule has 0 spiro atoms. The van der Waals surface area contributed by atoms with Crippen molar-refractivity contribution in [1.29, 1.82) is 0 Å². The summed E-state index contributed by atoms with van der Waals surface area (Å²) in [6.45, 7) is 3.01. The molecule has 0 aliphatic rings. The molecule has 3 aromatic heterocycles. The van der Waals surface area contributed by atoms with Gasteiger partial charge in [0.05, 0.1) is 19.1 Å². The molecule has 4 aromatic rings. The lowest BCUT2D eigenvalue weighted by Gasteiger charge is -2.09. The summed E-state index contributed by atoms with van der Waals surface area (Å²) >= 11 is 1.52. The molecule has 0 aliphatic carbocycles. The third-order valence-corrected chi connectivity index (χ3v) is 5.28. The lowest BCUT2D eigenvalue weighted by atomic mass is 10.2. The molecule has 0 fully saturated rings. The molecular formula is C20H21N5O3S. The molecule has 0 unspecified atom stereocenters. The number of rotatable bonds is 9. The second kappa shape index (κ2) is 8.95. The first-order valence-electron chi connectivity index (χ1n) is 9.35. The van der Waals surface area contributed by atoms with Crippen molar-refractivity contribution in [3.63, 3.8) is 0 Å². The zero-order chi connectivity index (χ0) is 20.1. The van der Waals surface area contributed by atoms with Crippen LogP contribution in [0.25, 0.3) is 23.0 Å². The van der Waals surface area contributed by atoms with Crippen molar-refractivity contribution in [2.75, 3.05) is 7.11 Å². The van der Waals surface area contributed by atoms with Crippen LogP contribution in [0.2, 0.25) is 0 Å². The SMILES string of the molecule is CCCCn1c(SCc2nnc(-c3ccco3)o2)nnc1-c1ccc(OC)cc1. The minimum atomic E-state index is 0.372. The largest absolute Gasteiger partial charge is 0.497 e. The summed E-state index contributed by atoms with van der Waals surface area (Å²) in [6, 6.07) is 11.4. The Labute approximate surface area is 172 Å².